The zero-order valence-electron chi connectivity index (χ0n) is 13.5. The van der Waals surface area contributed by atoms with E-state index in [1.807, 2.05) is 6.07 Å². The van der Waals surface area contributed by atoms with Gasteiger partial charge in [0, 0.05) is 31.2 Å². The molecule has 2 saturated heterocycles. The van der Waals surface area contributed by atoms with E-state index in [-0.39, 0.29) is 0 Å². The predicted octanol–water partition coefficient (Wildman–Crippen LogP) is 2.01. The average Bonchev–Trinajstić information content (AvgIpc) is 2.91. The molecule has 0 amide bonds. The number of piperazine rings is 1. The Hall–Kier alpha value is -1.01. The normalized spacial score (nSPS) is 31.9. The summed E-state index contributed by atoms with van der Waals surface area (Å²) in [4.78, 5) is 3.38. The highest BCUT2D eigenvalue weighted by molar-refractivity contribution is 7.92. The minimum atomic E-state index is -1.05. The summed E-state index contributed by atoms with van der Waals surface area (Å²) in [5.41, 5.74) is 2.40. The van der Waals surface area contributed by atoms with Crippen LogP contribution >= 0.6 is 0 Å². The van der Waals surface area contributed by atoms with Crippen LogP contribution in [0.15, 0.2) is 30.5 Å². The third-order valence-corrected chi connectivity index (χ3v) is 6.89. The highest BCUT2D eigenvalue weighted by Gasteiger charge is 2.45. The van der Waals surface area contributed by atoms with Gasteiger partial charge in [0.1, 0.15) is 27.8 Å². The zero-order chi connectivity index (χ0) is 15.5. The fourth-order valence-electron chi connectivity index (χ4n) is 4.22. The van der Waals surface area contributed by atoms with Gasteiger partial charge in [-0.25, -0.2) is 8.51 Å². The molecule has 0 radical (unpaired) electrons. The lowest BCUT2D eigenvalue weighted by Crippen LogP contribution is -2.52. The molecule has 0 aromatic heterocycles. The van der Waals surface area contributed by atoms with E-state index in [2.05, 4.69) is 54.7 Å². The summed E-state index contributed by atoms with van der Waals surface area (Å²) in [7, 11) is 5.43. The molecule has 3 aliphatic rings. The minimum absolute atomic E-state index is 0.439. The molecule has 118 valence electrons. The molecular weight excluding hydrogens is 294 g/mol. The summed E-state index contributed by atoms with van der Waals surface area (Å²) >= 11 is 0. The first-order valence-electron chi connectivity index (χ1n) is 8.02. The van der Waals surface area contributed by atoms with Gasteiger partial charge in [-0.1, -0.05) is 12.1 Å². The molecule has 0 N–H and O–H groups in total. The van der Waals surface area contributed by atoms with E-state index in [0.29, 0.717) is 16.6 Å². The molecule has 2 bridgehead atoms. The molecule has 2 fully saturated rings. The quantitative estimate of drug-likeness (QED) is 0.779. The first-order valence-corrected chi connectivity index (χ1v) is 9.13. The van der Waals surface area contributed by atoms with E-state index in [0.717, 1.165) is 23.6 Å². The van der Waals surface area contributed by atoms with Crippen LogP contribution < -0.4 is 4.48 Å². The highest BCUT2D eigenvalue weighted by atomic mass is 32.2. The fourth-order valence-corrected chi connectivity index (χ4v) is 6.04. The number of hydrogen-bond acceptors (Lipinski definition) is 2. The standard InChI is InChI=1S/C17H24N3OS/c1-18-10-13-8-9-14(11-18)19(13)22(21)17-12-20(2,3)16-7-5-4-6-15(16)17/h4-7,12-14H,8-11H2,1-3H3/q+1. The van der Waals surface area contributed by atoms with Gasteiger partial charge >= 0.3 is 0 Å². The number of quaternary nitrogens is 1. The van der Waals surface area contributed by atoms with Gasteiger partial charge in [0.25, 0.3) is 0 Å². The maximum absolute atomic E-state index is 13.4. The van der Waals surface area contributed by atoms with Gasteiger partial charge in [-0.3, -0.25) is 4.48 Å². The lowest BCUT2D eigenvalue weighted by atomic mass is 10.2. The van der Waals surface area contributed by atoms with E-state index in [9.17, 15) is 4.21 Å². The number of nitrogens with zero attached hydrogens (tertiary/aromatic N) is 3. The summed E-state index contributed by atoms with van der Waals surface area (Å²) in [5.74, 6) is 0. The van der Waals surface area contributed by atoms with Crippen LogP contribution in [0.1, 0.15) is 18.4 Å². The molecule has 5 heteroatoms. The van der Waals surface area contributed by atoms with E-state index in [1.165, 1.54) is 18.5 Å². The molecule has 22 heavy (non-hydrogen) atoms. The van der Waals surface area contributed by atoms with Crippen molar-refractivity contribution in [2.75, 3.05) is 34.2 Å². The summed E-state index contributed by atoms with van der Waals surface area (Å²) in [6.07, 6.45) is 4.51. The van der Waals surface area contributed by atoms with Gasteiger partial charge in [0.05, 0.1) is 19.7 Å². The molecule has 3 atom stereocenters. The lowest BCUT2D eigenvalue weighted by Gasteiger charge is -2.38. The molecule has 0 saturated carbocycles. The lowest BCUT2D eigenvalue weighted by molar-refractivity contribution is 0.161. The largest absolute Gasteiger partial charge is 0.303 e. The van der Waals surface area contributed by atoms with Gasteiger partial charge in [-0.05, 0) is 26.0 Å². The van der Waals surface area contributed by atoms with Crippen molar-refractivity contribution in [3.63, 3.8) is 0 Å². The summed E-state index contributed by atoms with van der Waals surface area (Å²) in [5, 5.41) is 0. The van der Waals surface area contributed by atoms with Crippen LogP contribution in [0.2, 0.25) is 0 Å². The summed E-state index contributed by atoms with van der Waals surface area (Å²) in [6.45, 7) is 2.07. The van der Waals surface area contributed by atoms with Crippen molar-refractivity contribution in [2.45, 2.75) is 24.9 Å². The molecule has 4 nitrogen and oxygen atoms in total. The van der Waals surface area contributed by atoms with E-state index >= 15 is 0 Å². The van der Waals surface area contributed by atoms with Gasteiger partial charge in [-0.15, -0.1) is 0 Å². The Morgan fingerprint density at radius 2 is 1.77 bits per heavy atom. The van der Waals surface area contributed by atoms with E-state index in [1.54, 1.807) is 0 Å². The Balaban J connectivity index is 1.70. The fraction of sp³-hybridized carbons (Fsp3) is 0.529. The minimum Gasteiger partial charge on any atom is -0.303 e. The Kier molecular flexibility index (Phi) is 3.31. The second kappa shape index (κ2) is 4.99. The molecule has 0 aliphatic carbocycles. The van der Waals surface area contributed by atoms with Crippen molar-refractivity contribution in [1.82, 2.24) is 13.7 Å². The highest BCUT2D eigenvalue weighted by Crippen LogP contribution is 2.42. The Morgan fingerprint density at radius 3 is 2.45 bits per heavy atom. The SMILES string of the molecule is CN1CC2CCC(C1)N2S(=O)C1=C[N+](C)(C)c2ccccc21. The van der Waals surface area contributed by atoms with E-state index in [4.69, 9.17) is 0 Å². The number of likely N-dealkylation sites (N-methyl/N-ethyl adjacent to an activating group) is 1. The Bertz CT molecular complexity index is 656. The summed E-state index contributed by atoms with van der Waals surface area (Å²) < 4.78 is 16.3. The van der Waals surface area contributed by atoms with Crippen molar-refractivity contribution in [3.8, 4) is 0 Å². The van der Waals surface area contributed by atoms with Crippen molar-refractivity contribution < 1.29 is 4.21 Å². The molecule has 3 aliphatic heterocycles. The van der Waals surface area contributed by atoms with Crippen molar-refractivity contribution >= 4 is 21.6 Å². The third-order valence-electron chi connectivity index (χ3n) is 5.21. The van der Waals surface area contributed by atoms with Crippen LogP contribution in [0.5, 0.6) is 0 Å². The number of rotatable bonds is 2. The molecule has 3 unspecified atom stereocenters. The van der Waals surface area contributed by atoms with Crippen LogP contribution in [-0.4, -0.2) is 59.7 Å². The number of likely N-dealkylation sites (tertiary alicyclic amines) is 1. The molecule has 0 spiro atoms. The smallest absolute Gasteiger partial charge is 0.145 e. The maximum Gasteiger partial charge on any atom is 0.145 e. The van der Waals surface area contributed by atoms with E-state index < -0.39 is 11.0 Å². The van der Waals surface area contributed by atoms with Gasteiger partial charge in [0.2, 0.25) is 0 Å². The number of fused-ring (bicyclic) bond motifs is 3. The van der Waals surface area contributed by atoms with Gasteiger partial charge < -0.3 is 4.90 Å². The average molecular weight is 318 g/mol. The second-order valence-corrected chi connectivity index (χ2v) is 8.63. The molecular formula is C17H24N3OS+. The number of para-hydroxylation sites is 1. The Labute approximate surface area is 135 Å². The van der Waals surface area contributed by atoms with Crippen LogP contribution in [0.4, 0.5) is 5.69 Å². The first kappa shape index (κ1) is 14.6. The first-order chi connectivity index (χ1) is 10.5. The molecule has 1 aromatic carbocycles. The van der Waals surface area contributed by atoms with Crippen LogP contribution in [0, 0.1) is 0 Å². The van der Waals surface area contributed by atoms with Crippen molar-refractivity contribution in [1.29, 1.82) is 0 Å². The van der Waals surface area contributed by atoms with Crippen molar-refractivity contribution in [3.05, 3.63) is 36.0 Å². The maximum atomic E-state index is 13.4. The number of benzene rings is 1. The van der Waals surface area contributed by atoms with Crippen LogP contribution in [-0.2, 0) is 11.0 Å². The predicted molar refractivity (Wildman–Crippen MR) is 92.3 cm³/mol. The zero-order valence-corrected chi connectivity index (χ0v) is 14.3. The monoisotopic (exact) mass is 318 g/mol. The van der Waals surface area contributed by atoms with Crippen LogP contribution in [0.3, 0.4) is 0 Å². The number of hydrogen-bond donors (Lipinski definition) is 0. The third kappa shape index (κ3) is 2.11. The topological polar surface area (TPSA) is 23.6 Å². The molecule has 4 rings (SSSR count). The van der Waals surface area contributed by atoms with Crippen LogP contribution in [0.25, 0.3) is 4.91 Å². The summed E-state index contributed by atoms with van der Waals surface area (Å²) in [6, 6.07) is 9.26. The van der Waals surface area contributed by atoms with Crippen molar-refractivity contribution in [2.24, 2.45) is 0 Å². The Morgan fingerprint density at radius 1 is 1.14 bits per heavy atom. The molecule has 1 aromatic rings. The van der Waals surface area contributed by atoms with Gasteiger partial charge in [0.15, 0.2) is 0 Å². The van der Waals surface area contributed by atoms with Gasteiger partial charge in [-0.2, -0.15) is 0 Å². The second-order valence-electron chi connectivity index (χ2n) is 7.27. The molecule has 3 heterocycles.